The molecule has 1 amide bonds. The van der Waals surface area contributed by atoms with Crippen molar-refractivity contribution in [1.82, 2.24) is 14.9 Å². The van der Waals surface area contributed by atoms with Gasteiger partial charge in [0.2, 0.25) is 5.91 Å². The van der Waals surface area contributed by atoms with Gasteiger partial charge in [-0.3, -0.25) is 14.2 Å². The maximum Gasteiger partial charge on any atom is 0.262 e. The highest BCUT2D eigenvalue weighted by Crippen LogP contribution is 2.30. The predicted molar refractivity (Wildman–Crippen MR) is 121 cm³/mol. The summed E-state index contributed by atoms with van der Waals surface area (Å²) in [6.45, 7) is 5.80. The number of nitrogens with zero attached hydrogens (tertiary/aromatic N) is 2. The lowest BCUT2D eigenvalue weighted by molar-refractivity contribution is -0.119. The van der Waals surface area contributed by atoms with Crippen LogP contribution in [0.25, 0.3) is 10.2 Å². The zero-order valence-electron chi connectivity index (χ0n) is 17.9. The molecule has 7 nitrogen and oxygen atoms in total. The number of hydrogen-bond donors (Lipinski definition) is 1. The second-order valence-electron chi connectivity index (χ2n) is 6.91. The molecule has 0 spiro atoms. The van der Waals surface area contributed by atoms with Crippen molar-refractivity contribution in [2.45, 2.75) is 32.0 Å². The molecule has 9 heteroatoms. The lowest BCUT2D eigenvalue weighted by Crippen LogP contribution is -2.29. The molecule has 0 radical (unpaired) electrons. The van der Waals surface area contributed by atoms with Gasteiger partial charge in [-0.05, 0) is 44.5 Å². The molecule has 1 aromatic carbocycles. The van der Waals surface area contributed by atoms with E-state index in [-0.39, 0.29) is 23.3 Å². The van der Waals surface area contributed by atoms with E-state index in [1.54, 1.807) is 21.3 Å². The number of nitrogens with one attached hydrogen (secondary N) is 1. The van der Waals surface area contributed by atoms with Gasteiger partial charge in [0.05, 0.1) is 31.4 Å². The highest BCUT2D eigenvalue weighted by molar-refractivity contribution is 7.99. The molecule has 0 fully saturated rings. The van der Waals surface area contributed by atoms with Crippen molar-refractivity contribution in [2.75, 3.05) is 20.0 Å². The van der Waals surface area contributed by atoms with E-state index >= 15 is 0 Å². The third kappa shape index (κ3) is 4.32. The number of rotatable bonds is 7. The van der Waals surface area contributed by atoms with Crippen LogP contribution in [0.2, 0.25) is 0 Å². The van der Waals surface area contributed by atoms with Gasteiger partial charge in [0.15, 0.2) is 5.16 Å². The minimum atomic E-state index is -0.273. The van der Waals surface area contributed by atoms with Crippen molar-refractivity contribution in [3.05, 3.63) is 44.6 Å². The molecule has 3 rings (SSSR count). The number of aryl methyl sites for hydroxylation is 2. The number of fused-ring (bicyclic) bond motifs is 1. The Hall–Kier alpha value is -2.52. The fourth-order valence-electron chi connectivity index (χ4n) is 3.15. The number of carbonyl (C=O) groups is 1. The van der Waals surface area contributed by atoms with Crippen LogP contribution < -0.4 is 20.3 Å². The molecule has 1 atom stereocenters. The second kappa shape index (κ2) is 9.09. The summed E-state index contributed by atoms with van der Waals surface area (Å²) >= 11 is 2.75. The molecule has 0 bridgehead atoms. The number of hydrogen-bond acceptors (Lipinski definition) is 7. The Balaban J connectivity index is 1.74. The van der Waals surface area contributed by atoms with Gasteiger partial charge in [0.1, 0.15) is 16.3 Å². The SMILES string of the molecule is COc1ccc(OC)c(C(C)NC(=O)CSc2nc3sc(C)c(C)c3c(=O)n2C)c1. The van der Waals surface area contributed by atoms with Crippen molar-refractivity contribution in [2.24, 2.45) is 7.05 Å². The van der Waals surface area contributed by atoms with Crippen LogP contribution in [-0.4, -0.2) is 35.4 Å². The van der Waals surface area contributed by atoms with Gasteiger partial charge in [-0.25, -0.2) is 4.98 Å². The quantitative estimate of drug-likeness (QED) is 0.440. The van der Waals surface area contributed by atoms with E-state index in [9.17, 15) is 9.59 Å². The maximum absolute atomic E-state index is 12.7. The Kier molecular flexibility index (Phi) is 6.72. The number of amides is 1. The number of benzene rings is 1. The van der Waals surface area contributed by atoms with E-state index < -0.39 is 0 Å². The summed E-state index contributed by atoms with van der Waals surface area (Å²) in [4.78, 5) is 31.7. The number of ether oxygens (including phenoxy) is 2. The highest BCUT2D eigenvalue weighted by Gasteiger charge is 2.18. The van der Waals surface area contributed by atoms with Gasteiger partial charge in [0, 0.05) is 17.5 Å². The Labute approximate surface area is 183 Å². The van der Waals surface area contributed by atoms with Gasteiger partial charge < -0.3 is 14.8 Å². The van der Waals surface area contributed by atoms with Crippen molar-refractivity contribution in [1.29, 1.82) is 0 Å². The third-order valence-electron chi connectivity index (χ3n) is 4.98. The molecule has 3 aromatic rings. The van der Waals surface area contributed by atoms with Crippen LogP contribution in [0, 0.1) is 13.8 Å². The van der Waals surface area contributed by atoms with E-state index in [4.69, 9.17) is 9.47 Å². The standard InChI is InChI=1S/C21H25N3O4S2/c1-11-13(3)30-19-18(11)20(26)24(4)21(23-19)29-10-17(25)22-12(2)15-9-14(27-5)7-8-16(15)28-6/h7-9,12H,10H2,1-6H3,(H,22,25). The minimum absolute atomic E-state index is 0.0840. The van der Waals surface area contributed by atoms with Crippen LogP contribution in [0.4, 0.5) is 0 Å². The molecule has 0 saturated carbocycles. The molecule has 0 aliphatic heterocycles. The number of carbonyl (C=O) groups excluding carboxylic acids is 1. The highest BCUT2D eigenvalue weighted by atomic mass is 32.2. The molecule has 0 aliphatic carbocycles. The van der Waals surface area contributed by atoms with E-state index in [2.05, 4.69) is 10.3 Å². The number of methoxy groups -OCH3 is 2. The summed E-state index contributed by atoms with van der Waals surface area (Å²) in [6.07, 6.45) is 0. The number of thioether (sulfide) groups is 1. The second-order valence-corrected chi connectivity index (χ2v) is 9.05. The van der Waals surface area contributed by atoms with Crippen molar-refractivity contribution in [3.63, 3.8) is 0 Å². The Bertz CT molecular complexity index is 1150. The first-order valence-electron chi connectivity index (χ1n) is 9.37. The molecule has 1 N–H and O–H groups in total. The topological polar surface area (TPSA) is 82.5 Å². The normalized spacial score (nSPS) is 12.1. The van der Waals surface area contributed by atoms with E-state index in [0.717, 1.165) is 16.0 Å². The van der Waals surface area contributed by atoms with E-state index in [1.807, 2.05) is 39.0 Å². The Morgan fingerprint density at radius 3 is 2.70 bits per heavy atom. The van der Waals surface area contributed by atoms with Crippen LogP contribution in [-0.2, 0) is 11.8 Å². The molecule has 2 heterocycles. The molecule has 0 aliphatic rings. The van der Waals surface area contributed by atoms with Gasteiger partial charge >= 0.3 is 0 Å². The summed E-state index contributed by atoms with van der Waals surface area (Å²) in [5.74, 6) is 1.35. The molecular formula is C21H25N3O4S2. The van der Waals surface area contributed by atoms with Gasteiger partial charge in [-0.15, -0.1) is 11.3 Å². The minimum Gasteiger partial charge on any atom is -0.497 e. The molecular weight excluding hydrogens is 422 g/mol. The molecule has 30 heavy (non-hydrogen) atoms. The monoisotopic (exact) mass is 447 g/mol. The summed E-state index contributed by atoms with van der Waals surface area (Å²) in [5, 5.41) is 4.15. The zero-order chi connectivity index (χ0) is 22.0. The molecule has 1 unspecified atom stereocenters. The van der Waals surface area contributed by atoms with E-state index in [1.165, 1.54) is 27.7 Å². The summed E-state index contributed by atoms with van der Waals surface area (Å²) in [6, 6.07) is 5.19. The van der Waals surface area contributed by atoms with Gasteiger partial charge in [-0.1, -0.05) is 11.8 Å². The predicted octanol–water partition coefficient (Wildman–Crippen LogP) is 3.60. The summed E-state index contributed by atoms with van der Waals surface area (Å²) in [7, 11) is 4.87. The van der Waals surface area contributed by atoms with Crippen LogP contribution in [0.15, 0.2) is 28.2 Å². The van der Waals surface area contributed by atoms with Crippen molar-refractivity contribution >= 4 is 39.2 Å². The largest absolute Gasteiger partial charge is 0.497 e. The first-order chi connectivity index (χ1) is 14.3. The number of thiophene rings is 1. The zero-order valence-corrected chi connectivity index (χ0v) is 19.5. The lowest BCUT2D eigenvalue weighted by atomic mass is 10.1. The Morgan fingerprint density at radius 2 is 2.03 bits per heavy atom. The van der Waals surface area contributed by atoms with Crippen molar-refractivity contribution < 1.29 is 14.3 Å². The molecule has 0 saturated heterocycles. The fourth-order valence-corrected chi connectivity index (χ4v) is 5.01. The van der Waals surface area contributed by atoms with Crippen LogP contribution >= 0.6 is 23.1 Å². The van der Waals surface area contributed by atoms with E-state index in [0.29, 0.717) is 26.9 Å². The average molecular weight is 448 g/mol. The molecule has 2 aromatic heterocycles. The fraction of sp³-hybridized carbons (Fsp3) is 0.381. The van der Waals surface area contributed by atoms with Crippen LogP contribution in [0.1, 0.15) is 29.0 Å². The Morgan fingerprint density at radius 1 is 1.30 bits per heavy atom. The van der Waals surface area contributed by atoms with Crippen LogP contribution in [0.5, 0.6) is 11.5 Å². The first-order valence-corrected chi connectivity index (χ1v) is 11.2. The lowest BCUT2D eigenvalue weighted by Gasteiger charge is -2.18. The average Bonchev–Trinajstić information content (AvgIpc) is 3.02. The summed E-state index contributed by atoms with van der Waals surface area (Å²) in [5.41, 5.74) is 1.71. The van der Waals surface area contributed by atoms with Crippen molar-refractivity contribution in [3.8, 4) is 11.5 Å². The molecule has 160 valence electrons. The maximum atomic E-state index is 12.7. The van der Waals surface area contributed by atoms with Gasteiger partial charge in [-0.2, -0.15) is 0 Å². The summed E-state index contributed by atoms with van der Waals surface area (Å²) < 4.78 is 12.2. The van der Waals surface area contributed by atoms with Crippen LogP contribution in [0.3, 0.4) is 0 Å². The smallest absolute Gasteiger partial charge is 0.262 e. The third-order valence-corrected chi connectivity index (χ3v) is 7.11. The number of aromatic nitrogens is 2. The first kappa shape index (κ1) is 22.2. The van der Waals surface area contributed by atoms with Gasteiger partial charge in [0.25, 0.3) is 5.56 Å².